The van der Waals surface area contributed by atoms with Crippen molar-refractivity contribution in [1.82, 2.24) is 14.7 Å². The highest BCUT2D eigenvalue weighted by atomic mass is 15.3. The highest BCUT2D eigenvalue weighted by Crippen LogP contribution is 2.21. The van der Waals surface area contributed by atoms with Crippen LogP contribution < -0.4 is 5.73 Å². The Morgan fingerprint density at radius 1 is 1.11 bits per heavy atom. The number of likely N-dealkylation sites (tertiary alicyclic amines) is 1. The maximum absolute atomic E-state index is 6.00. The molecule has 19 heavy (non-hydrogen) atoms. The summed E-state index contributed by atoms with van der Waals surface area (Å²) in [4.78, 5) is 7.79. The average molecular weight is 268 g/mol. The molecule has 2 saturated heterocycles. The summed E-state index contributed by atoms with van der Waals surface area (Å²) in [6.07, 6.45) is 5.33. The molecule has 0 aromatic carbocycles. The molecule has 2 rings (SSSR count). The minimum Gasteiger partial charge on any atom is -0.329 e. The Balaban J connectivity index is 1.89. The summed E-state index contributed by atoms with van der Waals surface area (Å²) in [6, 6.07) is 1.34. The number of likely N-dealkylation sites (N-methyl/N-ethyl adjacent to an activating group) is 1. The van der Waals surface area contributed by atoms with E-state index in [2.05, 4.69) is 28.7 Å². The number of rotatable bonds is 4. The number of piperazine rings is 1. The van der Waals surface area contributed by atoms with Crippen LogP contribution >= 0.6 is 0 Å². The molecule has 0 saturated carbocycles. The van der Waals surface area contributed by atoms with Crippen LogP contribution in [0.4, 0.5) is 0 Å². The SMILES string of the molecule is CCCN1CCCC(N2CCN(C)CC2CN)CC1. The van der Waals surface area contributed by atoms with E-state index in [4.69, 9.17) is 5.73 Å². The van der Waals surface area contributed by atoms with E-state index in [0.29, 0.717) is 6.04 Å². The number of nitrogens with two attached hydrogens (primary N) is 1. The van der Waals surface area contributed by atoms with Crippen LogP contribution in [0.25, 0.3) is 0 Å². The summed E-state index contributed by atoms with van der Waals surface area (Å²) in [5.41, 5.74) is 6.00. The lowest BCUT2D eigenvalue weighted by molar-refractivity contribution is 0.0500. The first-order chi connectivity index (χ1) is 9.24. The van der Waals surface area contributed by atoms with Crippen molar-refractivity contribution in [3.8, 4) is 0 Å². The topological polar surface area (TPSA) is 35.7 Å². The fraction of sp³-hybridized carbons (Fsp3) is 1.00. The largest absolute Gasteiger partial charge is 0.329 e. The van der Waals surface area contributed by atoms with Gasteiger partial charge in [-0.05, 0) is 52.4 Å². The van der Waals surface area contributed by atoms with E-state index in [1.54, 1.807) is 0 Å². The van der Waals surface area contributed by atoms with Crippen molar-refractivity contribution in [2.75, 3.05) is 52.9 Å². The minimum absolute atomic E-state index is 0.571. The Hall–Kier alpha value is -0.160. The third-order valence-electron chi connectivity index (χ3n) is 4.80. The van der Waals surface area contributed by atoms with Gasteiger partial charge in [0.05, 0.1) is 0 Å². The van der Waals surface area contributed by atoms with Crippen LogP contribution in [-0.4, -0.2) is 79.6 Å². The van der Waals surface area contributed by atoms with Crippen molar-refractivity contribution >= 4 is 0 Å². The number of hydrogen-bond donors (Lipinski definition) is 1. The van der Waals surface area contributed by atoms with Gasteiger partial charge in [0.15, 0.2) is 0 Å². The van der Waals surface area contributed by atoms with Gasteiger partial charge in [-0.2, -0.15) is 0 Å². The molecular formula is C15H32N4. The average Bonchev–Trinajstić information content (AvgIpc) is 2.65. The van der Waals surface area contributed by atoms with Crippen molar-refractivity contribution in [3.05, 3.63) is 0 Å². The molecule has 112 valence electrons. The van der Waals surface area contributed by atoms with Gasteiger partial charge in [-0.3, -0.25) is 4.90 Å². The van der Waals surface area contributed by atoms with Crippen LogP contribution in [0.3, 0.4) is 0 Å². The molecule has 4 nitrogen and oxygen atoms in total. The van der Waals surface area contributed by atoms with Gasteiger partial charge in [0.25, 0.3) is 0 Å². The standard InChI is InChI=1S/C15H32N4/c1-3-7-18-8-4-5-14(6-9-18)19-11-10-17(2)13-15(19)12-16/h14-15H,3-13,16H2,1-2H3. The van der Waals surface area contributed by atoms with Crippen molar-refractivity contribution in [1.29, 1.82) is 0 Å². The highest BCUT2D eigenvalue weighted by Gasteiger charge is 2.30. The molecule has 0 spiro atoms. The third-order valence-corrected chi connectivity index (χ3v) is 4.80. The maximum atomic E-state index is 6.00. The monoisotopic (exact) mass is 268 g/mol. The van der Waals surface area contributed by atoms with Gasteiger partial charge in [0.1, 0.15) is 0 Å². The normalized spacial score (nSPS) is 32.4. The lowest BCUT2D eigenvalue weighted by Crippen LogP contribution is -2.58. The van der Waals surface area contributed by atoms with E-state index in [1.165, 1.54) is 58.4 Å². The molecule has 2 atom stereocenters. The van der Waals surface area contributed by atoms with E-state index >= 15 is 0 Å². The second kappa shape index (κ2) is 7.58. The summed E-state index contributed by atoms with van der Waals surface area (Å²) in [5, 5.41) is 0. The fourth-order valence-corrected chi connectivity index (χ4v) is 3.73. The van der Waals surface area contributed by atoms with E-state index in [9.17, 15) is 0 Å². The van der Waals surface area contributed by atoms with Crippen LogP contribution in [0.15, 0.2) is 0 Å². The van der Waals surface area contributed by atoms with Crippen molar-refractivity contribution in [2.45, 2.75) is 44.7 Å². The first-order valence-corrected chi connectivity index (χ1v) is 8.11. The molecule has 0 amide bonds. The van der Waals surface area contributed by atoms with Crippen LogP contribution in [0.2, 0.25) is 0 Å². The van der Waals surface area contributed by atoms with Gasteiger partial charge in [0.2, 0.25) is 0 Å². The molecular weight excluding hydrogens is 236 g/mol. The van der Waals surface area contributed by atoms with E-state index in [-0.39, 0.29) is 0 Å². The van der Waals surface area contributed by atoms with E-state index in [1.807, 2.05) is 0 Å². The van der Waals surface area contributed by atoms with E-state index in [0.717, 1.165) is 19.1 Å². The Morgan fingerprint density at radius 3 is 2.68 bits per heavy atom. The van der Waals surface area contributed by atoms with Crippen molar-refractivity contribution in [2.24, 2.45) is 5.73 Å². The Kier molecular flexibility index (Phi) is 6.07. The summed E-state index contributed by atoms with van der Waals surface area (Å²) in [6.45, 7) is 10.5. The fourth-order valence-electron chi connectivity index (χ4n) is 3.73. The Labute approximate surface area is 118 Å². The molecule has 0 aromatic rings. The molecule has 4 heteroatoms. The Morgan fingerprint density at radius 2 is 1.95 bits per heavy atom. The molecule has 2 aliphatic rings. The lowest BCUT2D eigenvalue weighted by Gasteiger charge is -2.44. The molecule has 2 fully saturated rings. The van der Waals surface area contributed by atoms with Crippen LogP contribution in [0, 0.1) is 0 Å². The molecule has 2 heterocycles. The van der Waals surface area contributed by atoms with Gasteiger partial charge in [0, 0.05) is 38.3 Å². The minimum atomic E-state index is 0.571. The highest BCUT2D eigenvalue weighted by molar-refractivity contribution is 4.88. The van der Waals surface area contributed by atoms with Gasteiger partial charge in [-0.25, -0.2) is 0 Å². The van der Waals surface area contributed by atoms with Gasteiger partial charge in [-0.15, -0.1) is 0 Å². The van der Waals surface area contributed by atoms with Gasteiger partial charge < -0.3 is 15.5 Å². The molecule has 2 aliphatic heterocycles. The van der Waals surface area contributed by atoms with Gasteiger partial charge >= 0.3 is 0 Å². The zero-order chi connectivity index (χ0) is 13.7. The van der Waals surface area contributed by atoms with Crippen LogP contribution in [-0.2, 0) is 0 Å². The zero-order valence-corrected chi connectivity index (χ0v) is 12.9. The van der Waals surface area contributed by atoms with E-state index < -0.39 is 0 Å². The zero-order valence-electron chi connectivity index (χ0n) is 12.9. The molecule has 0 aliphatic carbocycles. The lowest BCUT2D eigenvalue weighted by atomic mass is 10.0. The van der Waals surface area contributed by atoms with Crippen molar-refractivity contribution < 1.29 is 0 Å². The number of hydrogen-bond acceptors (Lipinski definition) is 4. The summed E-state index contributed by atoms with van der Waals surface area (Å²) in [5.74, 6) is 0. The van der Waals surface area contributed by atoms with Crippen molar-refractivity contribution in [3.63, 3.8) is 0 Å². The quantitative estimate of drug-likeness (QED) is 0.819. The summed E-state index contributed by atoms with van der Waals surface area (Å²) >= 11 is 0. The van der Waals surface area contributed by atoms with Crippen LogP contribution in [0.5, 0.6) is 0 Å². The number of nitrogens with zero attached hydrogens (tertiary/aromatic N) is 3. The van der Waals surface area contributed by atoms with Crippen LogP contribution in [0.1, 0.15) is 32.6 Å². The molecule has 0 radical (unpaired) electrons. The Bertz CT molecular complexity index is 259. The second-order valence-corrected chi connectivity index (χ2v) is 6.32. The first-order valence-electron chi connectivity index (χ1n) is 8.11. The maximum Gasteiger partial charge on any atom is 0.0349 e. The first kappa shape index (κ1) is 15.2. The molecule has 0 aromatic heterocycles. The summed E-state index contributed by atoms with van der Waals surface area (Å²) < 4.78 is 0. The smallest absolute Gasteiger partial charge is 0.0349 e. The molecule has 2 N–H and O–H groups in total. The molecule has 2 unspecified atom stereocenters. The third kappa shape index (κ3) is 4.15. The predicted octanol–water partition coefficient (Wildman–Crippen LogP) is 0.826. The second-order valence-electron chi connectivity index (χ2n) is 6.32. The predicted molar refractivity (Wildman–Crippen MR) is 81.4 cm³/mol. The van der Waals surface area contributed by atoms with Gasteiger partial charge in [-0.1, -0.05) is 6.92 Å². The summed E-state index contributed by atoms with van der Waals surface area (Å²) in [7, 11) is 2.22. The molecule has 0 bridgehead atoms.